The molecule has 0 unspecified atom stereocenters. The maximum atomic E-state index is 6.18. The molecule has 184 valence electrons. The number of hydrogen-bond acceptors (Lipinski definition) is 3. The second-order valence-corrected chi connectivity index (χ2v) is 9.49. The molecule has 5 aromatic rings. The molecule has 0 amide bonds. The lowest BCUT2D eigenvalue weighted by Crippen LogP contribution is -2.10. The van der Waals surface area contributed by atoms with E-state index in [1.54, 1.807) is 0 Å². The number of hydrogen-bond donors (Lipinski definition) is 0. The molecule has 0 N–H and O–H groups in total. The maximum absolute atomic E-state index is 6.18. The van der Waals surface area contributed by atoms with Gasteiger partial charge in [0.05, 0.1) is 0 Å². The van der Waals surface area contributed by atoms with Gasteiger partial charge in [0.25, 0.3) is 0 Å². The third-order valence-corrected chi connectivity index (χ3v) is 6.53. The van der Waals surface area contributed by atoms with E-state index in [1.807, 2.05) is 24.3 Å². The molecule has 0 aliphatic heterocycles. The van der Waals surface area contributed by atoms with Crippen LogP contribution >= 0.6 is 0 Å². The number of anilines is 5. The van der Waals surface area contributed by atoms with Crippen molar-refractivity contribution in [3.05, 3.63) is 138 Å². The van der Waals surface area contributed by atoms with Crippen molar-refractivity contribution >= 4 is 28.4 Å². The van der Waals surface area contributed by atoms with Crippen molar-refractivity contribution in [3.8, 4) is 11.5 Å². The van der Waals surface area contributed by atoms with Gasteiger partial charge in [-0.15, -0.1) is 0 Å². The fraction of sp³-hybridized carbons (Fsp3) is 0.118. The van der Waals surface area contributed by atoms with Crippen molar-refractivity contribution in [2.45, 2.75) is 20.8 Å². The average molecular weight is 485 g/mol. The number of rotatable bonds is 7. The van der Waals surface area contributed by atoms with Crippen LogP contribution in [0, 0.1) is 20.8 Å². The highest BCUT2D eigenvalue weighted by molar-refractivity contribution is 5.77. The van der Waals surface area contributed by atoms with Gasteiger partial charge in [-0.3, -0.25) is 0 Å². The summed E-state index contributed by atoms with van der Waals surface area (Å²) in [6.07, 6.45) is 0. The highest BCUT2D eigenvalue weighted by Crippen LogP contribution is 2.36. The van der Waals surface area contributed by atoms with Gasteiger partial charge in [-0.05, 0) is 111 Å². The van der Waals surface area contributed by atoms with Crippen LogP contribution in [0.5, 0.6) is 11.5 Å². The van der Waals surface area contributed by atoms with Crippen LogP contribution in [0.3, 0.4) is 0 Å². The predicted molar refractivity (Wildman–Crippen MR) is 156 cm³/mol. The topological polar surface area (TPSA) is 15.7 Å². The molecule has 0 saturated carbocycles. The van der Waals surface area contributed by atoms with Crippen molar-refractivity contribution in [3.63, 3.8) is 0 Å². The summed E-state index contributed by atoms with van der Waals surface area (Å²) in [5.74, 6) is 1.61. The summed E-state index contributed by atoms with van der Waals surface area (Å²) in [7, 11) is 2.08. The SMILES string of the molecule is Cc1ccc(N(C)c2ccc(Oc3ccc(N(c4ccc(C)cc4)c4cccc(C)c4)cc3)cc2)cc1. The van der Waals surface area contributed by atoms with E-state index in [0.717, 1.165) is 39.9 Å². The standard InChI is InChI=1S/C34H32N2O/c1-25-8-12-28(13-9-25)35(4)29-16-20-33(21-17-29)37-34-22-18-31(19-23-34)36(30-14-10-26(2)11-15-30)32-7-5-6-27(3)24-32/h5-24H,1-4H3. The molecule has 0 bridgehead atoms. The number of benzene rings is 5. The summed E-state index contributed by atoms with van der Waals surface area (Å²) < 4.78 is 6.18. The first-order chi connectivity index (χ1) is 18.0. The van der Waals surface area contributed by atoms with Gasteiger partial charge in [0.15, 0.2) is 0 Å². The van der Waals surface area contributed by atoms with Crippen LogP contribution in [0.25, 0.3) is 0 Å². The van der Waals surface area contributed by atoms with Gasteiger partial charge in [-0.25, -0.2) is 0 Å². The van der Waals surface area contributed by atoms with Crippen molar-refractivity contribution in [1.29, 1.82) is 0 Å². The maximum Gasteiger partial charge on any atom is 0.127 e. The smallest absolute Gasteiger partial charge is 0.127 e. The zero-order valence-electron chi connectivity index (χ0n) is 21.8. The third-order valence-electron chi connectivity index (χ3n) is 6.53. The monoisotopic (exact) mass is 484 g/mol. The zero-order valence-corrected chi connectivity index (χ0v) is 21.8. The number of nitrogens with zero attached hydrogens (tertiary/aromatic N) is 2. The normalized spacial score (nSPS) is 10.7. The van der Waals surface area contributed by atoms with Gasteiger partial charge in [0.2, 0.25) is 0 Å². The van der Waals surface area contributed by atoms with Gasteiger partial charge in [0.1, 0.15) is 11.5 Å². The van der Waals surface area contributed by atoms with Gasteiger partial charge in [0, 0.05) is 35.5 Å². The lowest BCUT2D eigenvalue weighted by atomic mass is 10.1. The summed E-state index contributed by atoms with van der Waals surface area (Å²) in [5.41, 5.74) is 9.33. The first-order valence-corrected chi connectivity index (χ1v) is 12.6. The van der Waals surface area contributed by atoms with Gasteiger partial charge in [-0.2, -0.15) is 0 Å². The van der Waals surface area contributed by atoms with E-state index in [0.29, 0.717) is 0 Å². The molecule has 3 heteroatoms. The molecule has 0 aromatic heterocycles. The van der Waals surface area contributed by atoms with E-state index in [2.05, 4.69) is 135 Å². The lowest BCUT2D eigenvalue weighted by Gasteiger charge is -2.26. The highest BCUT2D eigenvalue weighted by atomic mass is 16.5. The van der Waals surface area contributed by atoms with Gasteiger partial charge >= 0.3 is 0 Å². The van der Waals surface area contributed by atoms with Crippen LogP contribution in [0.4, 0.5) is 28.4 Å². The van der Waals surface area contributed by atoms with Crippen molar-refractivity contribution in [1.82, 2.24) is 0 Å². The highest BCUT2D eigenvalue weighted by Gasteiger charge is 2.13. The second-order valence-electron chi connectivity index (χ2n) is 9.49. The molecule has 3 nitrogen and oxygen atoms in total. The predicted octanol–water partition coefficient (Wildman–Crippen LogP) is 9.64. The summed E-state index contributed by atoms with van der Waals surface area (Å²) in [6.45, 7) is 6.34. The molecule has 0 aliphatic carbocycles. The van der Waals surface area contributed by atoms with E-state index >= 15 is 0 Å². The van der Waals surface area contributed by atoms with E-state index in [1.165, 1.54) is 16.7 Å². The lowest BCUT2D eigenvalue weighted by molar-refractivity contribution is 0.483. The second kappa shape index (κ2) is 10.6. The Morgan fingerprint density at radius 1 is 0.432 bits per heavy atom. The van der Waals surface area contributed by atoms with Crippen LogP contribution in [-0.2, 0) is 0 Å². The van der Waals surface area contributed by atoms with Crippen LogP contribution in [0.1, 0.15) is 16.7 Å². The quantitative estimate of drug-likeness (QED) is 0.229. The van der Waals surface area contributed by atoms with Crippen molar-refractivity contribution in [2.75, 3.05) is 16.8 Å². The molecule has 0 spiro atoms. The van der Waals surface area contributed by atoms with Crippen LogP contribution in [0.2, 0.25) is 0 Å². The molecule has 0 heterocycles. The minimum atomic E-state index is 0.802. The molecule has 0 radical (unpaired) electrons. The average Bonchev–Trinajstić information content (AvgIpc) is 2.91. The molecule has 37 heavy (non-hydrogen) atoms. The summed E-state index contributed by atoms with van der Waals surface area (Å²) in [4.78, 5) is 4.44. The molecular formula is C34H32N2O. The Morgan fingerprint density at radius 2 is 0.865 bits per heavy atom. The van der Waals surface area contributed by atoms with Crippen molar-refractivity contribution < 1.29 is 4.74 Å². The van der Waals surface area contributed by atoms with Crippen LogP contribution < -0.4 is 14.5 Å². The van der Waals surface area contributed by atoms with E-state index in [9.17, 15) is 0 Å². The molecule has 0 atom stereocenters. The Morgan fingerprint density at radius 3 is 1.35 bits per heavy atom. The Kier molecular flexibility index (Phi) is 6.96. The minimum Gasteiger partial charge on any atom is -0.457 e. The first-order valence-electron chi connectivity index (χ1n) is 12.6. The Hall–Kier alpha value is -4.50. The molecule has 0 saturated heterocycles. The third kappa shape index (κ3) is 5.68. The zero-order chi connectivity index (χ0) is 25.8. The molecule has 5 rings (SSSR count). The largest absolute Gasteiger partial charge is 0.457 e. The summed E-state index contributed by atoms with van der Waals surface area (Å²) >= 11 is 0. The van der Waals surface area contributed by atoms with Crippen LogP contribution in [-0.4, -0.2) is 7.05 Å². The van der Waals surface area contributed by atoms with Crippen LogP contribution in [0.15, 0.2) is 121 Å². The van der Waals surface area contributed by atoms with E-state index in [4.69, 9.17) is 4.74 Å². The van der Waals surface area contributed by atoms with Crippen molar-refractivity contribution in [2.24, 2.45) is 0 Å². The molecule has 0 aliphatic rings. The van der Waals surface area contributed by atoms with E-state index in [-0.39, 0.29) is 0 Å². The fourth-order valence-corrected chi connectivity index (χ4v) is 4.36. The first kappa shape index (κ1) is 24.2. The Balaban J connectivity index is 1.35. The number of ether oxygens (including phenoxy) is 1. The van der Waals surface area contributed by atoms with Gasteiger partial charge < -0.3 is 14.5 Å². The number of aryl methyl sites for hydroxylation is 3. The molecular weight excluding hydrogens is 452 g/mol. The summed E-state index contributed by atoms with van der Waals surface area (Å²) in [5, 5.41) is 0. The Bertz CT molecular complexity index is 1460. The molecule has 0 fully saturated rings. The Labute approximate surface area is 220 Å². The van der Waals surface area contributed by atoms with E-state index < -0.39 is 0 Å². The fourth-order valence-electron chi connectivity index (χ4n) is 4.36. The molecule has 5 aromatic carbocycles. The van der Waals surface area contributed by atoms with Gasteiger partial charge in [-0.1, -0.05) is 47.5 Å². The summed E-state index contributed by atoms with van der Waals surface area (Å²) in [6, 6.07) is 42.2. The minimum absolute atomic E-state index is 0.802.